The van der Waals surface area contributed by atoms with E-state index in [4.69, 9.17) is 22.9 Å². The van der Waals surface area contributed by atoms with Crippen molar-refractivity contribution in [2.45, 2.75) is 40.5 Å². The Morgan fingerprint density at radius 2 is 1.71 bits per heavy atom. The first-order valence-corrected chi connectivity index (χ1v) is 9.38. The molecule has 0 fully saturated rings. The van der Waals surface area contributed by atoms with Gasteiger partial charge in [-0.05, 0) is 26.8 Å². The van der Waals surface area contributed by atoms with Gasteiger partial charge in [-0.25, -0.2) is 4.79 Å². The van der Waals surface area contributed by atoms with Crippen molar-refractivity contribution in [1.29, 1.82) is 0 Å². The fourth-order valence-corrected chi connectivity index (χ4v) is 3.64. The summed E-state index contributed by atoms with van der Waals surface area (Å²) in [5.74, 6) is -1.04. The summed E-state index contributed by atoms with van der Waals surface area (Å²) < 4.78 is 38.3. The first-order chi connectivity index (χ1) is 11.3. The number of rotatable bonds is 10. The van der Waals surface area contributed by atoms with Gasteiger partial charge in [0.25, 0.3) is 0 Å². The maximum absolute atomic E-state index is 12.7. The van der Waals surface area contributed by atoms with E-state index >= 15 is 0 Å². The van der Waals surface area contributed by atoms with E-state index in [1.54, 1.807) is 20.8 Å². The van der Waals surface area contributed by atoms with Crippen LogP contribution in [-0.4, -0.2) is 31.8 Å². The molecule has 9 heteroatoms. The van der Waals surface area contributed by atoms with Crippen LogP contribution in [0.1, 0.15) is 49.6 Å². The van der Waals surface area contributed by atoms with E-state index in [-0.39, 0.29) is 44.1 Å². The molecule has 0 saturated carbocycles. The fourth-order valence-electron chi connectivity index (χ4n) is 1.95. The van der Waals surface area contributed by atoms with E-state index in [1.807, 2.05) is 0 Å². The minimum atomic E-state index is -3.43. The second-order valence-electron chi connectivity index (χ2n) is 4.67. The average Bonchev–Trinajstić information content (AvgIpc) is 2.88. The average molecular weight is 362 g/mol. The summed E-state index contributed by atoms with van der Waals surface area (Å²) in [5.41, 5.74) is 0.320. The quantitative estimate of drug-likeness (QED) is 0.462. The first kappa shape index (κ1) is 20.4. The van der Waals surface area contributed by atoms with E-state index in [2.05, 4.69) is 0 Å². The minimum absolute atomic E-state index is 0.0985. The van der Waals surface area contributed by atoms with Crippen LogP contribution in [-0.2, 0) is 40.6 Å². The summed E-state index contributed by atoms with van der Waals surface area (Å²) in [6.07, 6.45) is -0.146. The lowest BCUT2D eigenvalue weighted by molar-refractivity contribution is -0.142. The van der Waals surface area contributed by atoms with E-state index in [0.717, 1.165) is 0 Å². The Morgan fingerprint density at radius 3 is 2.21 bits per heavy atom. The third kappa shape index (κ3) is 6.11. The highest BCUT2D eigenvalue weighted by molar-refractivity contribution is 7.53. The summed E-state index contributed by atoms with van der Waals surface area (Å²) in [6.45, 7) is 6.72. The van der Waals surface area contributed by atoms with Crippen molar-refractivity contribution >= 4 is 19.5 Å². The van der Waals surface area contributed by atoms with Gasteiger partial charge in [0.1, 0.15) is 12.4 Å². The number of carbonyl (C=O) groups is 2. The van der Waals surface area contributed by atoms with Gasteiger partial charge in [0.2, 0.25) is 5.76 Å². The molecule has 0 bridgehead atoms. The zero-order chi connectivity index (χ0) is 18.2. The summed E-state index contributed by atoms with van der Waals surface area (Å²) in [4.78, 5) is 22.9. The van der Waals surface area contributed by atoms with E-state index in [9.17, 15) is 14.2 Å². The Kier molecular flexibility index (Phi) is 8.18. The SMILES string of the molecule is CCOC(=O)c1oc(COC(C)=O)cc1CP(=O)(OCC)OCC. The molecular formula is C15H23O8P. The molecule has 0 aliphatic heterocycles. The van der Waals surface area contributed by atoms with Gasteiger partial charge in [-0.15, -0.1) is 0 Å². The highest BCUT2D eigenvalue weighted by atomic mass is 31.2. The van der Waals surface area contributed by atoms with Crippen LogP contribution in [0.2, 0.25) is 0 Å². The van der Waals surface area contributed by atoms with Gasteiger partial charge < -0.3 is 22.9 Å². The molecule has 1 aromatic rings. The molecule has 0 amide bonds. The number of ether oxygens (including phenoxy) is 2. The maximum Gasteiger partial charge on any atom is 0.374 e. The van der Waals surface area contributed by atoms with Crippen LogP contribution in [0.15, 0.2) is 10.5 Å². The Balaban J connectivity index is 3.10. The fraction of sp³-hybridized carbons (Fsp3) is 0.600. The van der Waals surface area contributed by atoms with Crippen molar-refractivity contribution in [2.75, 3.05) is 19.8 Å². The molecule has 0 atom stereocenters. The third-order valence-corrected chi connectivity index (χ3v) is 4.79. The van der Waals surface area contributed by atoms with Gasteiger partial charge in [0.15, 0.2) is 0 Å². The van der Waals surface area contributed by atoms with Crippen molar-refractivity contribution in [1.82, 2.24) is 0 Å². The van der Waals surface area contributed by atoms with Gasteiger partial charge in [-0.2, -0.15) is 0 Å². The molecule has 0 aliphatic carbocycles. The summed E-state index contributed by atoms with van der Waals surface area (Å²) in [6, 6.07) is 1.49. The Hall–Kier alpha value is -1.63. The van der Waals surface area contributed by atoms with Crippen molar-refractivity contribution in [3.8, 4) is 0 Å². The molecular weight excluding hydrogens is 339 g/mol. The van der Waals surface area contributed by atoms with Gasteiger partial charge >= 0.3 is 19.5 Å². The molecule has 1 rings (SSSR count). The monoisotopic (exact) mass is 362 g/mol. The first-order valence-electron chi connectivity index (χ1n) is 7.65. The number of furan rings is 1. The Morgan fingerprint density at radius 1 is 1.08 bits per heavy atom. The van der Waals surface area contributed by atoms with Gasteiger partial charge in [0.05, 0.1) is 26.0 Å². The highest BCUT2D eigenvalue weighted by Gasteiger charge is 2.30. The van der Waals surface area contributed by atoms with Crippen LogP contribution in [0.4, 0.5) is 0 Å². The number of hydrogen-bond acceptors (Lipinski definition) is 8. The number of esters is 2. The number of hydrogen-bond donors (Lipinski definition) is 0. The molecule has 8 nitrogen and oxygen atoms in total. The molecule has 0 unspecified atom stereocenters. The zero-order valence-corrected chi connectivity index (χ0v) is 15.2. The molecule has 0 aliphatic rings. The van der Waals surface area contributed by atoms with Crippen molar-refractivity contribution in [3.05, 3.63) is 23.2 Å². The summed E-state index contributed by atoms with van der Waals surface area (Å²) >= 11 is 0. The topological polar surface area (TPSA) is 101 Å². The van der Waals surface area contributed by atoms with E-state index < -0.39 is 19.5 Å². The summed E-state index contributed by atoms with van der Waals surface area (Å²) in [7, 11) is -3.43. The lowest BCUT2D eigenvalue weighted by Gasteiger charge is -2.16. The normalized spacial score (nSPS) is 11.3. The Bertz CT molecular complexity index is 597. The molecule has 0 saturated heterocycles. The van der Waals surface area contributed by atoms with Crippen LogP contribution < -0.4 is 0 Å². The van der Waals surface area contributed by atoms with Crippen LogP contribution in [0.3, 0.4) is 0 Å². The van der Waals surface area contributed by atoms with E-state index in [0.29, 0.717) is 5.56 Å². The smallest absolute Gasteiger partial charge is 0.374 e. The predicted molar refractivity (Wildman–Crippen MR) is 84.7 cm³/mol. The van der Waals surface area contributed by atoms with Gasteiger partial charge in [-0.1, -0.05) is 0 Å². The van der Waals surface area contributed by atoms with Crippen LogP contribution in [0, 0.1) is 0 Å². The van der Waals surface area contributed by atoms with Crippen LogP contribution in [0.5, 0.6) is 0 Å². The van der Waals surface area contributed by atoms with Crippen LogP contribution in [0.25, 0.3) is 0 Å². The van der Waals surface area contributed by atoms with Gasteiger partial charge in [0, 0.05) is 12.5 Å². The lowest BCUT2D eigenvalue weighted by Crippen LogP contribution is -2.07. The van der Waals surface area contributed by atoms with Crippen molar-refractivity contribution in [2.24, 2.45) is 0 Å². The summed E-state index contributed by atoms with van der Waals surface area (Å²) in [5, 5.41) is 0. The minimum Gasteiger partial charge on any atom is -0.460 e. The number of carbonyl (C=O) groups excluding carboxylic acids is 2. The maximum atomic E-state index is 12.7. The van der Waals surface area contributed by atoms with Crippen LogP contribution >= 0.6 is 7.60 Å². The molecule has 0 radical (unpaired) electrons. The molecule has 1 aromatic heterocycles. The largest absolute Gasteiger partial charge is 0.460 e. The van der Waals surface area contributed by atoms with Crippen molar-refractivity contribution in [3.63, 3.8) is 0 Å². The molecule has 136 valence electrons. The molecule has 0 aromatic carbocycles. The predicted octanol–water partition coefficient (Wildman–Crippen LogP) is 3.29. The van der Waals surface area contributed by atoms with E-state index in [1.165, 1.54) is 13.0 Å². The molecule has 0 N–H and O–H groups in total. The second-order valence-corrected chi connectivity index (χ2v) is 6.73. The second kappa shape index (κ2) is 9.61. The Labute approximate surface area is 140 Å². The lowest BCUT2D eigenvalue weighted by atomic mass is 10.2. The van der Waals surface area contributed by atoms with Crippen molar-refractivity contribution < 1.29 is 37.1 Å². The van der Waals surface area contributed by atoms with Gasteiger partial charge in [-0.3, -0.25) is 9.36 Å². The third-order valence-electron chi connectivity index (χ3n) is 2.75. The molecule has 0 spiro atoms. The highest BCUT2D eigenvalue weighted by Crippen LogP contribution is 2.52. The zero-order valence-electron chi connectivity index (χ0n) is 14.3. The standard InChI is InChI=1S/C15H23O8P/c1-5-19-15(17)14-12(8-13(23-14)9-20-11(4)16)10-24(18,21-6-2)22-7-3/h8H,5-7,9-10H2,1-4H3. The molecule has 1 heterocycles. The molecule has 24 heavy (non-hydrogen) atoms.